The van der Waals surface area contributed by atoms with Gasteiger partial charge in [0.1, 0.15) is 12.2 Å². The molecule has 0 bridgehead atoms. The minimum absolute atomic E-state index is 0.504. The summed E-state index contributed by atoms with van der Waals surface area (Å²) in [6.07, 6.45) is 6.49. The second-order valence-electron chi connectivity index (χ2n) is 7.55. The summed E-state index contributed by atoms with van der Waals surface area (Å²) in [5, 5.41) is 15.0. The number of aryl methyl sites for hydroxylation is 1. The molecule has 1 fully saturated rings. The Morgan fingerprint density at radius 3 is 2.83 bits per heavy atom. The highest BCUT2D eigenvalue weighted by molar-refractivity contribution is 5.79. The molecule has 1 aromatic carbocycles. The van der Waals surface area contributed by atoms with Crippen LogP contribution in [0.5, 0.6) is 0 Å². The molecule has 29 heavy (non-hydrogen) atoms. The van der Waals surface area contributed by atoms with E-state index in [1.54, 1.807) is 6.33 Å². The Labute approximate surface area is 174 Å². The summed E-state index contributed by atoms with van der Waals surface area (Å²) in [7, 11) is 0. The van der Waals surface area contributed by atoms with Gasteiger partial charge in [-0.15, -0.1) is 10.2 Å². The van der Waals surface area contributed by atoms with Gasteiger partial charge in [-0.2, -0.15) is 0 Å². The zero-order chi connectivity index (χ0) is 20.3. The molecule has 2 N–H and O–H groups in total. The van der Waals surface area contributed by atoms with E-state index in [1.807, 2.05) is 0 Å². The number of benzene rings is 1. The van der Waals surface area contributed by atoms with E-state index < -0.39 is 0 Å². The van der Waals surface area contributed by atoms with Crippen molar-refractivity contribution in [2.75, 3.05) is 26.2 Å². The van der Waals surface area contributed by atoms with E-state index >= 15 is 0 Å². The third-order valence-corrected chi connectivity index (χ3v) is 5.44. The van der Waals surface area contributed by atoms with E-state index in [0.717, 1.165) is 57.5 Å². The number of likely N-dealkylation sites (tertiary alicyclic amines) is 1. The van der Waals surface area contributed by atoms with Crippen molar-refractivity contribution in [2.45, 2.75) is 58.7 Å². The number of hydrogen-bond acceptors (Lipinski definition) is 4. The maximum atomic E-state index is 4.90. The Kier molecular flexibility index (Phi) is 8.49. The predicted octanol–water partition coefficient (Wildman–Crippen LogP) is 2.45. The van der Waals surface area contributed by atoms with E-state index in [-0.39, 0.29) is 0 Å². The van der Waals surface area contributed by atoms with Crippen molar-refractivity contribution >= 4 is 5.96 Å². The van der Waals surface area contributed by atoms with Gasteiger partial charge >= 0.3 is 0 Å². The topological polar surface area (TPSA) is 70.4 Å². The van der Waals surface area contributed by atoms with Gasteiger partial charge < -0.3 is 15.2 Å². The summed E-state index contributed by atoms with van der Waals surface area (Å²) in [6, 6.07) is 11.3. The number of nitrogens with one attached hydrogen (secondary N) is 2. The lowest BCUT2D eigenvalue weighted by Crippen LogP contribution is -2.43. The van der Waals surface area contributed by atoms with E-state index in [2.05, 4.69) is 74.5 Å². The first-order valence-electron chi connectivity index (χ1n) is 11.0. The molecular weight excluding hydrogens is 362 g/mol. The lowest BCUT2D eigenvalue weighted by molar-refractivity contribution is 0.145. The first-order valence-corrected chi connectivity index (χ1v) is 11.0. The van der Waals surface area contributed by atoms with Gasteiger partial charge in [0.25, 0.3) is 0 Å². The van der Waals surface area contributed by atoms with Gasteiger partial charge in [0, 0.05) is 38.6 Å². The van der Waals surface area contributed by atoms with Crippen molar-refractivity contribution in [1.29, 1.82) is 0 Å². The SMILES string of the molecule is CCNC(=NCC1CCCCN1Cc1ccccc1)NCCn1cnnc1CC. The molecule has 2 aromatic rings. The molecule has 158 valence electrons. The number of rotatable bonds is 9. The summed E-state index contributed by atoms with van der Waals surface area (Å²) in [5.41, 5.74) is 1.38. The Hall–Kier alpha value is -2.41. The highest BCUT2D eigenvalue weighted by atomic mass is 15.3. The third kappa shape index (κ3) is 6.56. The molecule has 1 aliphatic rings. The molecule has 1 aliphatic heterocycles. The van der Waals surface area contributed by atoms with Gasteiger partial charge in [-0.25, -0.2) is 0 Å². The van der Waals surface area contributed by atoms with Crippen LogP contribution in [-0.4, -0.2) is 57.8 Å². The van der Waals surface area contributed by atoms with Gasteiger partial charge in [0.05, 0.1) is 6.54 Å². The fourth-order valence-electron chi connectivity index (χ4n) is 3.87. The van der Waals surface area contributed by atoms with E-state index in [9.17, 15) is 0 Å². The second kappa shape index (κ2) is 11.6. The van der Waals surface area contributed by atoms with Gasteiger partial charge in [-0.3, -0.25) is 9.89 Å². The van der Waals surface area contributed by atoms with Crippen LogP contribution in [0.3, 0.4) is 0 Å². The van der Waals surface area contributed by atoms with Crippen molar-refractivity contribution in [3.8, 4) is 0 Å². The van der Waals surface area contributed by atoms with Crippen molar-refractivity contribution in [3.05, 3.63) is 48.0 Å². The maximum absolute atomic E-state index is 4.90. The normalized spacial score (nSPS) is 18.0. The summed E-state index contributed by atoms with van der Waals surface area (Å²) in [6.45, 7) is 9.70. The lowest BCUT2D eigenvalue weighted by Gasteiger charge is -2.35. The van der Waals surface area contributed by atoms with E-state index in [1.165, 1.54) is 24.8 Å². The number of aromatic nitrogens is 3. The molecule has 7 heteroatoms. The number of aliphatic imine (C=N–C) groups is 1. The molecule has 0 radical (unpaired) electrons. The second-order valence-corrected chi connectivity index (χ2v) is 7.55. The van der Waals surface area contributed by atoms with Gasteiger partial charge in [-0.1, -0.05) is 43.7 Å². The first-order chi connectivity index (χ1) is 14.3. The standard InChI is InChI=1S/C22H35N7/c1-3-21-27-26-18-29(21)15-13-24-22(23-4-2)25-16-20-12-8-9-14-28(20)17-19-10-6-5-7-11-19/h5-7,10-11,18,20H,3-4,8-9,12-17H2,1-2H3,(H2,23,24,25). The zero-order valence-electron chi connectivity index (χ0n) is 17.8. The van der Waals surface area contributed by atoms with Crippen molar-refractivity contribution < 1.29 is 0 Å². The Balaban J connectivity index is 1.54. The average Bonchev–Trinajstić information content (AvgIpc) is 3.21. The van der Waals surface area contributed by atoms with Crippen LogP contribution in [0.15, 0.2) is 41.7 Å². The Bertz CT molecular complexity index is 741. The number of nitrogens with zero attached hydrogens (tertiary/aromatic N) is 5. The molecule has 0 amide bonds. The Morgan fingerprint density at radius 1 is 1.17 bits per heavy atom. The van der Waals surface area contributed by atoms with Crippen molar-refractivity contribution in [1.82, 2.24) is 30.3 Å². The van der Waals surface area contributed by atoms with Gasteiger partial charge in [0.15, 0.2) is 5.96 Å². The molecule has 3 rings (SSSR count). The molecule has 0 spiro atoms. The highest BCUT2D eigenvalue weighted by Crippen LogP contribution is 2.20. The fraction of sp³-hybridized carbons (Fsp3) is 0.591. The largest absolute Gasteiger partial charge is 0.357 e. The maximum Gasteiger partial charge on any atom is 0.191 e. The van der Waals surface area contributed by atoms with Crippen LogP contribution in [0, 0.1) is 0 Å². The minimum atomic E-state index is 0.504. The van der Waals surface area contributed by atoms with Gasteiger partial charge in [0.2, 0.25) is 0 Å². The van der Waals surface area contributed by atoms with Crippen molar-refractivity contribution in [3.63, 3.8) is 0 Å². The molecule has 1 saturated heterocycles. The van der Waals surface area contributed by atoms with Crippen molar-refractivity contribution in [2.24, 2.45) is 4.99 Å². The van der Waals surface area contributed by atoms with Crippen LogP contribution in [0.1, 0.15) is 44.5 Å². The third-order valence-electron chi connectivity index (χ3n) is 5.44. The molecular formula is C22H35N7. The molecule has 1 aromatic heterocycles. The number of guanidine groups is 1. The summed E-state index contributed by atoms with van der Waals surface area (Å²) in [5.74, 6) is 1.91. The zero-order valence-corrected chi connectivity index (χ0v) is 17.8. The minimum Gasteiger partial charge on any atom is -0.357 e. The summed E-state index contributed by atoms with van der Waals surface area (Å²) >= 11 is 0. The van der Waals surface area contributed by atoms with Crippen LogP contribution in [0.4, 0.5) is 0 Å². The molecule has 2 heterocycles. The van der Waals surface area contributed by atoms with Crippen LogP contribution >= 0.6 is 0 Å². The lowest BCUT2D eigenvalue weighted by atomic mass is 10.0. The van der Waals surface area contributed by atoms with Crippen LogP contribution in [0.2, 0.25) is 0 Å². The average molecular weight is 398 g/mol. The molecule has 0 saturated carbocycles. The molecule has 7 nitrogen and oxygen atoms in total. The summed E-state index contributed by atoms with van der Waals surface area (Å²) < 4.78 is 2.10. The van der Waals surface area contributed by atoms with Crippen LogP contribution in [0.25, 0.3) is 0 Å². The Morgan fingerprint density at radius 2 is 2.03 bits per heavy atom. The smallest absolute Gasteiger partial charge is 0.191 e. The number of hydrogen-bond donors (Lipinski definition) is 2. The first kappa shape index (κ1) is 21.3. The number of piperidine rings is 1. The fourth-order valence-corrected chi connectivity index (χ4v) is 3.87. The van der Waals surface area contributed by atoms with E-state index in [0.29, 0.717) is 6.04 Å². The monoisotopic (exact) mass is 397 g/mol. The molecule has 1 atom stereocenters. The summed E-state index contributed by atoms with van der Waals surface area (Å²) in [4.78, 5) is 7.50. The quantitative estimate of drug-likeness (QED) is 0.502. The van der Waals surface area contributed by atoms with E-state index in [4.69, 9.17) is 4.99 Å². The van der Waals surface area contributed by atoms with Gasteiger partial charge in [-0.05, 0) is 31.9 Å². The van der Waals surface area contributed by atoms with Crippen LogP contribution < -0.4 is 10.6 Å². The molecule has 1 unspecified atom stereocenters. The molecule has 0 aliphatic carbocycles. The predicted molar refractivity (Wildman–Crippen MR) is 118 cm³/mol. The highest BCUT2D eigenvalue weighted by Gasteiger charge is 2.22. The van der Waals surface area contributed by atoms with Crippen LogP contribution in [-0.2, 0) is 19.5 Å².